The largest absolute Gasteiger partial charge is 0.496 e. The van der Waals surface area contributed by atoms with E-state index in [0.29, 0.717) is 43.8 Å². The minimum absolute atomic E-state index is 0.0226. The number of rotatable bonds is 5. The minimum atomic E-state index is 0.0226. The van der Waals surface area contributed by atoms with Gasteiger partial charge in [-0.1, -0.05) is 11.6 Å². The molecule has 0 saturated carbocycles. The number of methoxy groups -OCH3 is 1. The summed E-state index contributed by atoms with van der Waals surface area (Å²) in [5, 5.41) is 9.06. The first kappa shape index (κ1) is 19.7. The van der Waals surface area contributed by atoms with E-state index in [-0.39, 0.29) is 23.8 Å². The number of carbonyl (C=O) groups excluding carboxylic acids is 2. The van der Waals surface area contributed by atoms with Crippen molar-refractivity contribution in [1.82, 2.24) is 9.80 Å². The molecule has 2 saturated heterocycles. The summed E-state index contributed by atoms with van der Waals surface area (Å²) in [5.41, 5.74) is 1.77. The maximum Gasteiger partial charge on any atom is 0.257 e. The second-order valence-electron chi connectivity index (χ2n) is 7.89. The van der Waals surface area contributed by atoms with Crippen LogP contribution in [-0.2, 0) is 4.79 Å². The Morgan fingerprint density at radius 3 is 2.67 bits per heavy atom. The second-order valence-corrected chi connectivity index (χ2v) is 7.89. The lowest BCUT2D eigenvalue weighted by atomic mass is 9.72. The molecule has 27 heavy (non-hydrogen) atoms. The van der Waals surface area contributed by atoms with E-state index < -0.39 is 0 Å². The van der Waals surface area contributed by atoms with Crippen molar-refractivity contribution in [3.05, 3.63) is 29.3 Å². The number of likely N-dealkylation sites (tertiary alicyclic amines) is 2. The summed E-state index contributed by atoms with van der Waals surface area (Å²) in [7, 11) is 1.59. The Hall–Kier alpha value is -2.08. The molecule has 2 aliphatic heterocycles. The van der Waals surface area contributed by atoms with Gasteiger partial charge in [-0.15, -0.1) is 0 Å². The first-order valence-electron chi connectivity index (χ1n) is 9.80. The first-order valence-corrected chi connectivity index (χ1v) is 9.80. The van der Waals surface area contributed by atoms with Gasteiger partial charge in [0.15, 0.2) is 0 Å². The number of aryl methyl sites for hydroxylation is 1. The highest BCUT2D eigenvalue weighted by Crippen LogP contribution is 2.40. The fourth-order valence-electron chi connectivity index (χ4n) is 4.32. The lowest BCUT2D eigenvalue weighted by molar-refractivity contribution is -0.139. The van der Waals surface area contributed by atoms with Crippen molar-refractivity contribution >= 4 is 11.8 Å². The van der Waals surface area contributed by atoms with Crippen molar-refractivity contribution in [3.8, 4) is 5.75 Å². The van der Waals surface area contributed by atoms with E-state index >= 15 is 0 Å². The predicted octanol–water partition coefficient (Wildman–Crippen LogP) is 2.23. The molecule has 3 rings (SSSR count). The van der Waals surface area contributed by atoms with Crippen molar-refractivity contribution < 1.29 is 19.4 Å². The second kappa shape index (κ2) is 8.30. The maximum absolute atomic E-state index is 13.0. The van der Waals surface area contributed by atoms with Crippen molar-refractivity contribution in [2.24, 2.45) is 5.41 Å². The van der Waals surface area contributed by atoms with Gasteiger partial charge in [-0.3, -0.25) is 9.59 Å². The average Bonchev–Trinajstić information content (AvgIpc) is 2.69. The van der Waals surface area contributed by atoms with E-state index in [1.165, 1.54) is 0 Å². The topological polar surface area (TPSA) is 70.1 Å². The van der Waals surface area contributed by atoms with E-state index in [0.717, 1.165) is 31.4 Å². The monoisotopic (exact) mass is 374 g/mol. The number of amides is 2. The van der Waals surface area contributed by atoms with Crippen LogP contribution in [0.3, 0.4) is 0 Å². The molecule has 1 aromatic carbocycles. The lowest BCUT2D eigenvalue weighted by Crippen LogP contribution is -2.52. The third-order valence-corrected chi connectivity index (χ3v) is 6.03. The summed E-state index contributed by atoms with van der Waals surface area (Å²) in [4.78, 5) is 29.0. The van der Waals surface area contributed by atoms with Crippen molar-refractivity contribution in [2.75, 3.05) is 39.9 Å². The van der Waals surface area contributed by atoms with Crippen LogP contribution in [0.1, 0.15) is 48.0 Å². The number of carbonyl (C=O) groups is 2. The summed E-state index contributed by atoms with van der Waals surface area (Å²) in [5.74, 6) is 0.829. The molecule has 0 atom stereocenters. The molecular weight excluding hydrogens is 344 g/mol. The SMILES string of the molecule is COc1ccc(C)cc1C(=O)N1CCC2(CCC(=O)N(CCCO)C2)CC1. The van der Waals surface area contributed by atoms with Crippen LogP contribution in [0.2, 0.25) is 0 Å². The van der Waals surface area contributed by atoms with Crippen molar-refractivity contribution in [3.63, 3.8) is 0 Å². The molecule has 148 valence electrons. The van der Waals surface area contributed by atoms with Crippen LogP contribution in [-0.4, -0.2) is 66.6 Å². The lowest BCUT2D eigenvalue weighted by Gasteiger charge is -2.47. The van der Waals surface area contributed by atoms with Crippen molar-refractivity contribution in [2.45, 2.75) is 39.0 Å². The first-order chi connectivity index (χ1) is 13.0. The highest BCUT2D eigenvalue weighted by molar-refractivity contribution is 5.97. The summed E-state index contributed by atoms with van der Waals surface area (Å²) < 4.78 is 5.37. The van der Waals surface area contributed by atoms with Gasteiger partial charge in [0.25, 0.3) is 5.91 Å². The fourth-order valence-corrected chi connectivity index (χ4v) is 4.32. The van der Waals surface area contributed by atoms with E-state index in [2.05, 4.69) is 0 Å². The normalized spacial score (nSPS) is 19.4. The molecule has 0 aliphatic carbocycles. The third-order valence-electron chi connectivity index (χ3n) is 6.03. The van der Waals surface area contributed by atoms with Gasteiger partial charge in [0.1, 0.15) is 5.75 Å². The van der Waals surface area contributed by atoms with Gasteiger partial charge in [-0.25, -0.2) is 0 Å². The Kier molecular flexibility index (Phi) is 6.05. The molecule has 0 aromatic heterocycles. The molecule has 0 radical (unpaired) electrons. The number of aliphatic hydroxyl groups is 1. The van der Waals surface area contributed by atoms with Crippen LogP contribution in [0.4, 0.5) is 0 Å². The Bertz CT molecular complexity index is 695. The molecule has 1 spiro atoms. The molecule has 6 heteroatoms. The quantitative estimate of drug-likeness (QED) is 0.858. The number of hydrogen-bond donors (Lipinski definition) is 1. The third kappa shape index (κ3) is 4.26. The molecule has 2 aliphatic rings. The highest BCUT2D eigenvalue weighted by atomic mass is 16.5. The molecule has 6 nitrogen and oxygen atoms in total. The molecule has 2 amide bonds. The van der Waals surface area contributed by atoms with Gasteiger partial charge in [-0.05, 0) is 50.2 Å². The van der Waals surface area contributed by atoms with E-state index in [1.54, 1.807) is 7.11 Å². The van der Waals surface area contributed by atoms with E-state index in [1.807, 2.05) is 34.9 Å². The molecule has 0 unspecified atom stereocenters. The van der Waals surface area contributed by atoms with Gasteiger partial charge < -0.3 is 19.6 Å². The van der Waals surface area contributed by atoms with Gasteiger partial charge in [0, 0.05) is 39.2 Å². The zero-order valence-corrected chi connectivity index (χ0v) is 16.4. The molecule has 1 N–H and O–H groups in total. The van der Waals surface area contributed by atoms with Crippen molar-refractivity contribution in [1.29, 1.82) is 0 Å². The Labute approximate surface area is 161 Å². The fraction of sp³-hybridized carbons (Fsp3) is 0.619. The summed E-state index contributed by atoms with van der Waals surface area (Å²) in [6.07, 6.45) is 3.92. The van der Waals surface area contributed by atoms with Crippen LogP contribution in [0.5, 0.6) is 5.75 Å². The van der Waals surface area contributed by atoms with Gasteiger partial charge >= 0.3 is 0 Å². The highest BCUT2D eigenvalue weighted by Gasteiger charge is 2.41. The number of benzene rings is 1. The average molecular weight is 374 g/mol. The van der Waals surface area contributed by atoms with Crippen LogP contribution < -0.4 is 4.74 Å². The van der Waals surface area contributed by atoms with Crippen LogP contribution in [0.25, 0.3) is 0 Å². The number of aliphatic hydroxyl groups excluding tert-OH is 1. The molecule has 1 aromatic rings. The van der Waals surface area contributed by atoms with Crippen LogP contribution >= 0.6 is 0 Å². The summed E-state index contributed by atoms with van der Waals surface area (Å²) >= 11 is 0. The standard InChI is InChI=1S/C21H30N2O4/c1-16-4-5-18(27-2)17(14-16)20(26)22-11-8-21(9-12-22)7-6-19(25)23(15-21)10-3-13-24/h4-5,14,24H,3,6-13,15H2,1-2H3. The zero-order chi connectivity index (χ0) is 19.4. The Morgan fingerprint density at radius 2 is 2.00 bits per heavy atom. The number of piperidine rings is 2. The zero-order valence-electron chi connectivity index (χ0n) is 16.4. The predicted molar refractivity (Wildman–Crippen MR) is 103 cm³/mol. The van der Waals surface area contributed by atoms with Gasteiger partial charge in [-0.2, -0.15) is 0 Å². The Morgan fingerprint density at radius 1 is 1.26 bits per heavy atom. The summed E-state index contributed by atoms with van der Waals surface area (Å²) in [6, 6.07) is 5.68. The van der Waals surface area contributed by atoms with E-state index in [4.69, 9.17) is 9.84 Å². The number of nitrogens with zero attached hydrogens (tertiary/aromatic N) is 2. The molecular formula is C21H30N2O4. The molecule has 2 fully saturated rings. The maximum atomic E-state index is 13.0. The van der Waals surface area contributed by atoms with E-state index in [9.17, 15) is 9.59 Å². The number of hydrogen-bond acceptors (Lipinski definition) is 4. The van der Waals surface area contributed by atoms with Crippen LogP contribution in [0, 0.1) is 12.3 Å². The smallest absolute Gasteiger partial charge is 0.257 e. The minimum Gasteiger partial charge on any atom is -0.496 e. The Balaban J connectivity index is 1.65. The summed E-state index contributed by atoms with van der Waals surface area (Å²) in [6.45, 7) is 4.87. The van der Waals surface area contributed by atoms with Gasteiger partial charge in [0.2, 0.25) is 5.91 Å². The molecule has 2 heterocycles. The number of ether oxygens (including phenoxy) is 1. The molecule has 0 bridgehead atoms. The van der Waals surface area contributed by atoms with Gasteiger partial charge in [0.05, 0.1) is 12.7 Å². The van der Waals surface area contributed by atoms with Crippen LogP contribution in [0.15, 0.2) is 18.2 Å².